The van der Waals surface area contributed by atoms with Gasteiger partial charge in [0.1, 0.15) is 29.3 Å². The van der Waals surface area contributed by atoms with Gasteiger partial charge in [0.25, 0.3) is 16.0 Å². The Hall–Kier alpha value is -4.28. The number of aromatic hydroxyl groups is 1. The van der Waals surface area contributed by atoms with Crippen molar-refractivity contribution in [3.05, 3.63) is 119 Å². The summed E-state index contributed by atoms with van der Waals surface area (Å²) in [6.45, 7) is 8.49. The normalized spacial score (nSPS) is 14.5. The molecule has 11 nitrogen and oxygen atoms in total. The zero-order valence-corrected chi connectivity index (χ0v) is 41.3. The van der Waals surface area contributed by atoms with Crippen LogP contribution in [0.3, 0.4) is 0 Å². The van der Waals surface area contributed by atoms with E-state index in [4.69, 9.17) is 54.7 Å². The van der Waals surface area contributed by atoms with Gasteiger partial charge in [0, 0.05) is 46.1 Å². The molecule has 0 bridgehead atoms. The highest BCUT2D eigenvalue weighted by atomic mass is 32.4. The Morgan fingerprint density at radius 1 is 0.541 bits per heavy atom. The molecule has 0 aromatic heterocycles. The first-order chi connectivity index (χ1) is 28.9. The largest absolute Gasteiger partial charge is 0.508 e. The summed E-state index contributed by atoms with van der Waals surface area (Å²) in [7, 11) is 5.62. The third-order valence-corrected chi connectivity index (χ3v) is 20.2. The summed E-state index contributed by atoms with van der Waals surface area (Å²) in [5.74, 6) is 2.27. The van der Waals surface area contributed by atoms with Crippen molar-refractivity contribution in [2.75, 3.05) is 21.1 Å². The lowest BCUT2D eigenvalue weighted by Gasteiger charge is -2.24. The Balaban J connectivity index is 1.35. The third kappa shape index (κ3) is 14.4. The molecule has 5 atom stereocenters. The molecule has 17 heteroatoms. The van der Waals surface area contributed by atoms with Gasteiger partial charge < -0.3 is 19.3 Å². The van der Waals surface area contributed by atoms with E-state index < -0.39 is 36.6 Å². The smallest absolute Gasteiger partial charge is 0.358 e. The minimum atomic E-state index is -1.27. The number of nitrogens with zero attached hydrogens (tertiary/aromatic N) is 6. The molecule has 0 aliphatic heterocycles. The van der Waals surface area contributed by atoms with Gasteiger partial charge in [-0.1, -0.05) is 13.8 Å². The van der Waals surface area contributed by atoms with Gasteiger partial charge in [-0.25, -0.2) is 0 Å². The van der Waals surface area contributed by atoms with E-state index in [9.17, 15) is 9.90 Å². The maximum atomic E-state index is 11.0. The summed E-state index contributed by atoms with van der Waals surface area (Å²) in [6, 6.07) is 29.4. The van der Waals surface area contributed by atoms with Crippen molar-refractivity contribution in [1.82, 2.24) is 14.3 Å². The molecular weight excluding hydrogens is 882 g/mol. The fraction of sp³-hybridized carbons (Fsp3) is 0.364. The van der Waals surface area contributed by atoms with Crippen molar-refractivity contribution >= 4 is 80.9 Å². The molecule has 1 N–H and O–H groups in total. The van der Waals surface area contributed by atoms with Crippen LogP contribution >= 0.6 is 20.5 Å². The fourth-order valence-electron chi connectivity index (χ4n) is 6.11. The van der Waals surface area contributed by atoms with Crippen LogP contribution in [0.15, 0.2) is 112 Å². The second-order valence-electron chi connectivity index (χ2n) is 15.0. The molecule has 0 heterocycles. The number of hydrogen-bond acceptors (Lipinski definition) is 11. The number of ether oxygens (including phenoxy) is 3. The predicted molar refractivity (Wildman–Crippen MR) is 264 cm³/mol. The molecule has 61 heavy (non-hydrogen) atoms. The molecule has 0 saturated carbocycles. The molecule has 4 aromatic rings. The van der Waals surface area contributed by atoms with E-state index in [2.05, 4.69) is 31.0 Å². The topological polar surface area (TPSA) is 112 Å². The third-order valence-electron chi connectivity index (χ3n) is 9.32. The molecule has 0 radical (unpaired) electrons. The highest BCUT2D eigenvalue weighted by molar-refractivity contribution is 8.05. The van der Waals surface area contributed by atoms with E-state index in [1.807, 2.05) is 95.2 Å². The van der Waals surface area contributed by atoms with Crippen LogP contribution in [-0.4, -0.2) is 81.5 Å². The van der Waals surface area contributed by atoms with Crippen LogP contribution < -0.4 is 14.2 Å². The molecule has 322 valence electrons. The quantitative estimate of drug-likeness (QED) is 0.0332. The lowest BCUT2D eigenvalue weighted by molar-refractivity contribution is 0.112. The van der Waals surface area contributed by atoms with Gasteiger partial charge >= 0.3 is 20.5 Å². The maximum Gasteiger partial charge on any atom is 0.358 e. The monoisotopic (exact) mass is 937 g/mol. The summed E-state index contributed by atoms with van der Waals surface area (Å²) in [4.78, 5) is 11.0. The van der Waals surface area contributed by atoms with E-state index in [0.29, 0.717) is 22.8 Å². The summed E-state index contributed by atoms with van der Waals surface area (Å²) in [5.41, 5.74) is 3.24. The van der Waals surface area contributed by atoms with Crippen molar-refractivity contribution in [3.63, 3.8) is 0 Å². The number of phenolic OH excluding ortho intramolecular Hbond substituents is 1. The van der Waals surface area contributed by atoms with Gasteiger partial charge in [0.2, 0.25) is 0 Å². The molecule has 0 spiro atoms. The zero-order chi connectivity index (χ0) is 44.8. The van der Waals surface area contributed by atoms with Crippen molar-refractivity contribution in [2.24, 2.45) is 15.3 Å². The maximum absolute atomic E-state index is 11.0. The molecule has 0 aliphatic carbocycles. The van der Waals surface area contributed by atoms with Crippen LogP contribution in [0.25, 0.3) is 0 Å². The van der Waals surface area contributed by atoms with Crippen LogP contribution in [0.4, 0.5) is 0 Å². The number of aldehydes is 1. The summed E-state index contributed by atoms with van der Waals surface area (Å²) in [6.07, 6.45) is 9.41. The van der Waals surface area contributed by atoms with Crippen molar-refractivity contribution < 1.29 is 24.1 Å². The minimum absolute atomic E-state index is 0.208. The number of hydrogen-bond donors (Lipinski definition) is 1. The van der Waals surface area contributed by atoms with E-state index in [1.54, 1.807) is 76.7 Å². The van der Waals surface area contributed by atoms with Crippen molar-refractivity contribution in [3.8, 4) is 23.0 Å². The molecule has 4 aromatic carbocycles. The van der Waals surface area contributed by atoms with Crippen molar-refractivity contribution in [2.45, 2.75) is 83.3 Å². The summed E-state index contributed by atoms with van der Waals surface area (Å²) < 4.78 is 24.8. The Morgan fingerprint density at radius 2 is 0.852 bits per heavy atom. The average molecular weight is 938 g/mol. The number of rotatable bonds is 23. The zero-order valence-electron chi connectivity index (χ0n) is 36.2. The molecule has 0 aliphatic rings. The highest BCUT2D eigenvalue weighted by Gasteiger charge is 2.47. The van der Waals surface area contributed by atoms with E-state index in [-0.39, 0.29) is 5.75 Å². The van der Waals surface area contributed by atoms with Crippen LogP contribution in [0.2, 0.25) is 0 Å². The SMILES string of the molecule is CCCC(C)(Oc1ccc(/C=N/N(C)[P+](=S)C(C)(C)Oc2ccc(C=O)cc2)cc1)[P+](=S)N(C)/N=C/c1ccc(OC(C)(CCC)[P+](=S)N(C)/N=C/c2ccc(O)cc2)cc1. The molecule has 0 saturated heterocycles. The molecule has 0 amide bonds. The van der Waals surface area contributed by atoms with Crippen LogP contribution in [0.5, 0.6) is 23.0 Å². The van der Waals surface area contributed by atoms with Crippen LogP contribution in [0.1, 0.15) is 94.3 Å². The second-order valence-corrected chi connectivity index (χ2v) is 24.5. The highest BCUT2D eigenvalue weighted by Crippen LogP contribution is 2.48. The Bertz CT molecular complexity index is 2210. The van der Waals surface area contributed by atoms with E-state index in [1.165, 1.54) is 0 Å². The standard InChI is InChI=1S/C44H55N6O5P3S3/c1-10-28-43(5,57(60)49(8)46-30-34-12-20-38(52)21-13-34)55-41-24-16-36(17-25-41)32-47-50(9)58(61)44(6,29-11-2)54-40-22-14-35(15-23-40)31-45-48(7)56(59)42(3,4)53-39-26-18-37(33-51)19-27-39/h12-27,30-33H,10-11,28-29H2,1-9H3/q+2/p+1/b45-31+,47-32+. The number of carbonyl (C=O) groups excluding carboxylic acids is 1. The van der Waals surface area contributed by atoms with Gasteiger partial charge in [-0.2, -0.15) is 0 Å². The molecule has 4 rings (SSSR count). The van der Waals surface area contributed by atoms with E-state index in [0.717, 1.165) is 48.7 Å². The summed E-state index contributed by atoms with van der Waals surface area (Å²) >= 11 is 18.0. The number of carbonyl (C=O) groups is 1. The van der Waals surface area contributed by atoms with Gasteiger partial charge in [-0.05, 0) is 127 Å². The Kier molecular flexibility index (Phi) is 18.4. The number of phenols is 1. The van der Waals surface area contributed by atoms with Crippen LogP contribution in [0, 0.1) is 0 Å². The second kappa shape index (κ2) is 22.7. The number of benzene rings is 4. The van der Waals surface area contributed by atoms with Gasteiger partial charge in [0.05, 0.1) is 39.8 Å². The van der Waals surface area contributed by atoms with Gasteiger partial charge in [0.15, 0.2) is 35.4 Å². The average Bonchev–Trinajstić information content (AvgIpc) is 3.24. The predicted octanol–water partition coefficient (Wildman–Crippen LogP) is 11.6. The number of hydrazone groups is 3. The molecule has 5 unspecified atom stereocenters. The van der Waals surface area contributed by atoms with Gasteiger partial charge in [-0.3, -0.25) is 4.79 Å². The van der Waals surface area contributed by atoms with Crippen LogP contribution in [-0.2, 0) is 35.4 Å². The minimum Gasteiger partial charge on any atom is -0.508 e. The molecular formula is C44H56N6O5P3S3+3. The molecule has 0 fully saturated rings. The first kappa shape index (κ1) is 49.4. The lowest BCUT2D eigenvalue weighted by Crippen LogP contribution is -2.31. The van der Waals surface area contributed by atoms with Crippen molar-refractivity contribution in [1.29, 1.82) is 0 Å². The lowest BCUT2D eigenvalue weighted by atomic mass is 10.2. The van der Waals surface area contributed by atoms with E-state index >= 15 is 0 Å². The Labute approximate surface area is 379 Å². The summed E-state index contributed by atoms with van der Waals surface area (Å²) in [5, 5.41) is 21.6. The first-order valence-corrected chi connectivity index (χ1v) is 26.7. The van der Waals surface area contributed by atoms with Gasteiger partial charge in [-0.15, -0.1) is 29.6 Å². The fourth-order valence-corrected chi connectivity index (χ4v) is 11.1. The first-order valence-electron chi connectivity index (χ1n) is 19.8. The Morgan fingerprint density at radius 3 is 1.20 bits per heavy atom.